The molecule has 0 saturated carbocycles. The fraction of sp³-hybridized carbons (Fsp3) is 0.118. The number of hydrogen-bond donors (Lipinski definition) is 0. The normalized spacial score (nSPS) is 21.3. The van der Waals surface area contributed by atoms with E-state index < -0.39 is 0 Å². The molecule has 0 unspecified atom stereocenters. The molecule has 5 aliphatic heterocycles. The summed E-state index contributed by atoms with van der Waals surface area (Å²) in [6.07, 6.45) is 4.65. The monoisotopic (exact) mass is 618 g/mol. The number of rotatable bonds is 0. The van der Waals surface area contributed by atoms with Gasteiger partial charge in [-0.1, -0.05) is 84.9 Å². The Balaban J connectivity index is 0.00000121. The van der Waals surface area contributed by atoms with Crippen molar-refractivity contribution in [3.63, 3.8) is 0 Å². The number of hydrogen-bond acceptors (Lipinski definition) is 0. The van der Waals surface area contributed by atoms with E-state index >= 15 is 0 Å². The molecular weight excluding hydrogens is 596 g/mol. The van der Waals surface area contributed by atoms with Crippen molar-refractivity contribution in [3.05, 3.63) is 155 Å². The van der Waals surface area contributed by atoms with E-state index in [1.807, 2.05) is 0 Å². The van der Waals surface area contributed by atoms with Gasteiger partial charge >= 0.3 is 0 Å². The summed E-state index contributed by atoms with van der Waals surface area (Å²) in [6.45, 7) is 0. The van der Waals surface area contributed by atoms with Crippen LogP contribution in [0.4, 0.5) is 0 Å². The van der Waals surface area contributed by atoms with Crippen LogP contribution >= 0.6 is 0 Å². The maximum absolute atomic E-state index is 2.60. The lowest BCUT2D eigenvalue weighted by Crippen LogP contribution is -3.00. The Kier molecular flexibility index (Phi) is 5.37. The summed E-state index contributed by atoms with van der Waals surface area (Å²) in [4.78, 5) is 0. The molecule has 6 aliphatic rings. The highest BCUT2D eigenvalue weighted by Crippen LogP contribution is 2.56. The van der Waals surface area contributed by atoms with Gasteiger partial charge in [0, 0.05) is 35.4 Å². The number of nitrogens with zero attached hydrogens (tertiary/aromatic N) is 2. The molecule has 4 heteroatoms. The van der Waals surface area contributed by atoms with Gasteiger partial charge in [-0.3, -0.25) is 0 Å². The number of benzene rings is 4. The summed E-state index contributed by atoms with van der Waals surface area (Å²) in [5, 5.41) is 5.45. The third kappa shape index (κ3) is 2.88. The van der Waals surface area contributed by atoms with Gasteiger partial charge in [-0.25, -0.2) is 0 Å². The van der Waals surface area contributed by atoms with E-state index in [2.05, 4.69) is 131 Å². The fourth-order valence-electron chi connectivity index (χ4n) is 7.72. The molecule has 2 nitrogen and oxygen atoms in total. The molecule has 0 saturated heterocycles. The van der Waals surface area contributed by atoms with Crippen molar-refractivity contribution in [2.75, 3.05) is 0 Å². The Morgan fingerprint density at radius 2 is 0.842 bits per heavy atom. The van der Waals surface area contributed by atoms with Crippen LogP contribution in [0.25, 0.3) is 21.5 Å². The number of halogens is 2. The van der Waals surface area contributed by atoms with E-state index in [0.29, 0.717) is 0 Å². The first-order valence-corrected chi connectivity index (χ1v) is 12.9. The average Bonchev–Trinajstić information content (AvgIpc) is 2.93. The first-order chi connectivity index (χ1) is 17.9. The predicted molar refractivity (Wildman–Crippen MR) is 141 cm³/mol. The molecule has 4 bridgehead atoms. The second kappa shape index (κ2) is 8.59. The van der Waals surface area contributed by atoms with Gasteiger partial charge in [0.05, 0.1) is 0 Å². The Morgan fingerprint density at radius 1 is 0.421 bits per heavy atom. The van der Waals surface area contributed by atoms with Crippen molar-refractivity contribution >= 4 is 21.5 Å². The quantitative estimate of drug-likeness (QED) is 0.217. The predicted octanol–water partition coefficient (Wildman–Crippen LogP) is 0.359. The van der Waals surface area contributed by atoms with Crippen LogP contribution in [0.15, 0.2) is 122 Å². The van der Waals surface area contributed by atoms with Crippen LogP contribution in [0.5, 0.6) is 0 Å². The van der Waals surface area contributed by atoms with Gasteiger partial charge in [-0.05, 0) is 32.7 Å². The minimum atomic E-state index is 0. The molecule has 0 N–H and O–H groups in total. The van der Waals surface area contributed by atoms with Gasteiger partial charge in [0.1, 0.15) is 11.8 Å². The second-order valence-corrected chi connectivity index (χ2v) is 10.5. The van der Waals surface area contributed by atoms with Gasteiger partial charge in [0.25, 0.3) is 0 Å². The number of fused-ring (bicyclic) bond motifs is 2. The van der Waals surface area contributed by atoms with Crippen LogP contribution in [0.3, 0.4) is 0 Å². The first-order valence-electron chi connectivity index (χ1n) is 12.9. The van der Waals surface area contributed by atoms with Gasteiger partial charge < -0.3 is 34.0 Å². The molecule has 6 aromatic rings. The average molecular weight is 620 g/mol. The van der Waals surface area contributed by atoms with Gasteiger partial charge in [-0.2, -0.15) is 9.13 Å². The SMILES string of the molecule is [Br-].[Br-].c1cc[n+]2c(c1)[C@H]1c3ccc4ccccc4c3[C@@H]2[C@@H]2c3ccc4ccccc4c3[C@H]1[n+]1ccccc12. The van der Waals surface area contributed by atoms with E-state index in [1.165, 1.54) is 55.2 Å². The lowest BCUT2D eigenvalue weighted by atomic mass is 9.64. The molecule has 12 rings (SSSR count). The van der Waals surface area contributed by atoms with Crippen molar-refractivity contribution in [2.45, 2.75) is 23.9 Å². The number of pyridine rings is 2. The molecule has 0 fully saturated rings. The zero-order valence-corrected chi connectivity index (χ0v) is 23.7. The summed E-state index contributed by atoms with van der Waals surface area (Å²) in [6, 6.07) is 41.4. The summed E-state index contributed by atoms with van der Waals surface area (Å²) < 4.78 is 5.21. The lowest BCUT2D eigenvalue weighted by Gasteiger charge is -2.42. The van der Waals surface area contributed by atoms with E-state index in [0.717, 1.165) is 0 Å². The Morgan fingerprint density at radius 3 is 1.32 bits per heavy atom. The molecule has 38 heavy (non-hydrogen) atoms. The third-order valence-corrected chi connectivity index (χ3v) is 8.98. The Labute approximate surface area is 242 Å². The molecule has 4 atom stereocenters. The largest absolute Gasteiger partial charge is 1.00 e. The van der Waals surface area contributed by atoms with E-state index in [-0.39, 0.29) is 57.9 Å². The highest BCUT2D eigenvalue weighted by molar-refractivity contribution is 5.90. The van der Waals surface area contributed by atoms with Gasteiger partial charge in [0.2, 0.25) is 12.1 Å². The molecule has 7 heterocycles. The van der Waals surface area contributed by atoms with Crippen molar-refractivity contribution in [1.29, 1.82) is 0 Å². The second-order valence-electron chi connectivity index (χ2n) is 10.5. The summed E-state index contributed by atoms with van der Waals surface area (Å²) in [7, 11) is 0. The molecular formula is C34H24Br2N2. The van der Waals surface area contributed by atoms with Crippen LogP contribution in [0.2, 0.25) is 0 Å². The number of aromatic nitrogens is 2. The molecule has 2 aromatic heterocycles. The van der Waals surface area contributed by atoms with Crippen LogP contribution < -0.4 is 43.1 Å². The van der Waals surface area contributed by atoms with Crippen molar-refractivity contribution in [2.24, 2.45) is 0 Å². The van der Waals surface area contributed by atoms with Crippen LogP contribution in [-0.2, 0) is 0 Å². The van der Waals surface area contributed by atoms with E-state index in [1.54, 1.807) is 0 Å². The highest BCUT2D eigenvalue weighted by atomic mass is 79.9. The summed E-state index contributed by atoms with van der Waals surface area (Å²) >= 11 is 0. The zero-order chi connectivity index (χ0) is 23.4. The van der Waals surface area contributed by atoms with Gasteiger partial charge in [0.15, 0.2) is 23.8 Å². The van der Waals surface area contributed by atoms with Crippen LogP contribution in [-0.4, -0.2) is 0 Å². The van der Waals surface area contributed by atoms with E-state index in [9.17, 15) is 0 Å². The van der Waals surface area contributed by atoms with Crippen molar-refractivity contribution in [1.82, 2.24) is 0 Å². The van der Waals surface area contributed by atoms with Gasteiger partial charge in [-0.15, -0.1) is 0 Å². The molecule has 4 aromatic carbocycles. The fourth-order valence-corrected chi connectivity index (χ4v) is 7.72. The zero-order valence-electron chi connectivity index (χ0n) is 20.5. The molecule has 0 spiro atoms. The molecule has 0 radical (unpaired) electrons. The highest BCUT2D eigenvalue weighted by Gasteiger charge is 2.59. The summed E-state index contributed by atoms with van der Waals surface area (Å²) in [5.41, 5.74) is 8.82. The maximum Gasteiger partial charge on any atom is 0.201 e. The smallest absolute Gasteiger partial charge is 0.201 e. The summed E-state index contributed by atoms with van der Waals surface area (Å²) in [5.74, 6) is 0.443. The molecule has 184 valence electrons. The topological polar surface area (TPSA) is 7.76 Å². The third-order valence-electron chi connectivity index (χ3n) is 8.98. The molecule has 1 aliphatic carbocycles. The van der Waals surface area contributed by atoms with Crippen LogP contribution in [0, 0.1) is 0 Å². The van der Waals surface area contributed by atoms with Crippen LogP contribution in [0.1, 0.15) is 57.6 Å². The van der Waals surface area contributed by atoms with Crippen molar-refractivity contribution < 1.29 is 43.1 Å². The Bertz CT molecular complexity index is 1760. The maximum atomic E-state index is 2.60. The minimum absolute atomic E-state index is 0. The Hall–Kier alpha value is -3.34. The van der Waals surface area contributed by atoms with Crippen molar-refractivity contribution in [3.8, 4) is 0 Å². The van der Waals surface area contributed by atoms with E-state index in [4.69, 9.17) is 0 Å². The standard InChI is InChI=1S/C34H24N2.2BrH/c1-3-11-23-21(9-1)15-17-25-29(23)33-32-26-18-16-22-10-2-4-12-24(22)30(26)34(36-20-8-6-14-28(32)36)31(25)27-13-5-7-19-35(27)33;;/h1-20,31-34H;2*1H/q+2;;/p-2/t31-,32-,33-,34-;;/m1../s1. The first kappa shape index (κ1) is 23.8. The molecule has 0 amide bonds. The lowest BCUT2D eigenvalue weighted by molar-refractivity contribution is -0.769. The minimum Gasteiger partial charge on any atom is -1.00 e.